The Labute approximate surface area is 226 Å². The summed E-state index contributed by atoms with van der Waals surface area (Å²) >= 11 is 0. The number of hydrogen-bond acceptors (Lipinski definition) is 4. The lowest BCUT2D eigenvalue weighted by atomic mass is 9.81. The van der Waals surface area contributed by atoms with Crippen molar-refractivity contribution in [3.63, 3.8) is 0 Å². The molecule has 1 amide bonds. The summed E-state index contributed by atoms with van der Waals surface area (Å²) in [6, 6.07) is 11.9. The first-order valence-electron chi connectivity index (χ1n) is 12.1. The fraction of sp³-hybridized carbons (Fsp3) is 0.276. The highest BCUT2D eigenvalue weighted by molar-refractivity contribution is 6.03. The zero-order valence-electron chi connectivity index (χ0n) is 22.2. The summed E-state index contributed by atoms with van der Waals surface area (Å²) in [6.07, 6.45) is -8.67. The number of likely N-dealkylation sites (N-methyl/N-ethyl adjacent to an activating group) is 1. The van der Waals surface area contributed by atoms with Gasteiger partial charge in [-0.2, -0.15) is 26.3 Å². The number of anilines is 1. The van der Waals surface area contributed by atoms with E-state index < -0.39 is 40.4 Å². The molecular formula is C29H25F6N3O2. The van der Waals surface area contributed by atoms with E-state index in [1.54, 1.807) is 25.1 Å². The van der Waals surface area contributed by atoms with Crippen molar-refractivity contribution in [2.75, 3.05) is 11.9 Å². The van der Waals surface area contributed by atoms with E-state index in [4.69, 9.17) is 4.52 Å². The molecule has 4 rings (SSSR count). The minimum atomic E-state index is -5.04. The van der Waals surface area contributed by atoms with Crippen LogP contribution in [0.25, 0.3) is 22.6 Å². The van der Waals surface area contributed by atoms with Gasteiger partial charge in [-0.25, -0.2) is 0 Å². The summed E-state index contributed by atoms with van der Waals surface area (Å²) < 4.78 is 86.5. The van der Waals surface area contributed by atoms with Crippen molar-refractivity contribution < 1.29 is 35.7 Å². The first kappa shape index (κ1) is 28.8. The lowest BCUT2D eigenvalue weighted by Gasteiger charge is -2.32. The third kappa shape index (κ3) is 5.59. The molecular weight excluding hydrogens is 536 g/mol. The molecule has 2 heterocycles. The van der Waals surface area contributed by atoms with Crippen molar-refractivity contribution in [2.24, 2.45) is 0 Å². The van der Waals surface area contributed by atoms with Crippen LogP contribution >= 0.6 is 0 Å². The summed E-state index contributed by atoms with van der Waals surface area (Å²) in [7, 11) is 1.40. The molecule has 0 spiro atoms. The number of carbonyl (C=O) groups excluding carboxylic acids is 1. The Kier molecular flexibility index (Phi) is 7.29. The van der Waals surface area contributed by atoms with Gasteiger partial charge in [-0.3, -0.25) is 9.78 Å². The zero-order chi connectivity index (χ0) is 29.6. The molecule has 0 N–H and O–H groups in total. The second-order valence-corrected chi connectivity index (χ2v) is 10.0. The summed E-state index contributed by atoms with van der Waals surface area (Å²) in [5.41, 5.74) is -1.66. The molecule has 0 saturated carbocycles. The van der Waals surface area contributed by atoms with Crippen LogP contribution in [0.2, 0.25) is 0 Å². The molecule has 0 unspecified atom stereocenters. The monoisotopic (exact) mass is 561 g/mol. The highest BCUT2D eigenvalue weighted by atomic mass is 19.4. The molecule has 5 nitrogen and oxygen atoms in total. The summed E-state index contributed by atoms with van der Waals surface area (Å²) in [5.74, 6) is -0.350. The number of carbonyl (C=O) groups is 1. The van der Waals surface area contributed by atoms with Gasteiger partial charge in [0, 0.05) is 18.7 Å². The number of alkyl halides is 6. The Morgan fingerprint density at radius 1 is 0.825 bits per heavy atom. The van der Waals surface area contributed by atoms with Crippen LogP contribution in [0.1, 0.15) is 41.8 Å². The zero-order valence-corrected chi connectivity index (χ0v) is 22.2. The molecule has 40 heavy (non-hydrogen) atoms. The predicted octanol–water partition coefficient (Wildman–Crippen LogP) is 8.00. The maximum atomic E-state index is 13.8. The molecule has 4 aromatic rings. The number of aromatic nitrogens is 2. The molecule has 0 aliphatic carbocycles. The quantitative estimate of drug-likeness (QED) is 0.232. The molecule has 11 heteroatoms. The Hall–Kier alpha value is -4.15. The Morgan fingerprint density at radius 3 is 1.93 bits per heavy atom. The van der Waals surface area contributed by atoms with Crippen LogP contribution < -0.4 is 4.90 Å². The van der Waals surface area contributed by atoms with E-state index in [1.165, 1.54) is 32.0 Å². The minimum Gasteiger partial charge on any atom is -0.354 e. The van der Waals surface area contributed by atoms with Crippen molar-refractivity contribution in [1.82, 2.24) is 10.1 Å². The van der Waals surface area contributed by atoms with Crippen molar-refractivity contribution in [3.05, 3.63) is 88.7 Å². The number of halogens is 6. The molecule has 0 fully saturated rings. The highest BCUT2D eigenvalue weighted by Gasteiger charge is 2.41. The molecule has 0 aliphatic heterocycles. The van der Waals surface area contributed by atoms with Gasteiger partial charge in [0.2, 0.25) is 5.91 Å². The number of benzene rings is 2. The van der Waals surface area contributed by atoms with Crippen molar-refractivity contribution in [1.29, 1.82) is 0 Å². The van der Waals surface area contributed by atoms with Gasteiger partial charge in [-0.05, 0) is 68.7 Å². The second kappa shape index (κ2) is 10.1. The van der Waals surface area contributed by atoms with Crippen molar-refractivity contribution in [3.8, 4) is 22.6 Å². The van der Waals surface area contributed by atoms with Gasteiger partial charge in [-0.1, -0.05) is 29.4 Å². The molecule has 0 atom stereocenters. The number of nitrogens with zero attached hydrogens (tertiary/aromatic N) is 3. The maximum absolute atomic E-state index is 13.8. The number of pyridine rings is 1. The average Bonchev–Trinajstić information content (AvgIpc) is 3.32. The van der Waals surface area contributed by atoms with E-state index in [2.05, 4.69) is 10.1 Å². The number of aryl methyl sites for hydroxylation is 2. The van der Waals surface area contributed by atoms with E-state index in [0.717, 1.165) is 11.1 Å². The lowest BCUT2D eigenvalue weighted by Crippen LogP contribution is -2.42. The van der Waals surface area contributed by atoms with Crippen LogP contribution in [0.15, 0.2) is 65.3 Å². The summed E-state index contributed by atoms with van der Waals surface area (Å²) in [5, 5.41) is 3.87. The Balaban J connectivity index is 1.84. The predicted molar refractivity (Wildman–Crippen MR) is 138 cm³/mol. The van der Waals surface area contributed by atoms with E-state index in [0.29, 0.717) is 40.5 Å². The Bertz CT molecular complexity index is 1540. The maximum Gasteiger partial charge on any atom is 0.416 e. The van der Waals surface area contributed by atoms with E-state index in [9.17, 15) is 31.1 Å². The van der Waals surface area contributed by atoms with Crippen LogP contribution in [0.5, 0.6) is 0 Å². The fourth-order valence-corrected chi connectivity index (χ4v) is 4.39. The number of amides is 1. The van der Waals surface area contributed by atoms with Crippen molar-refractivity contribution >= 4 is 11.6 Å². The van der Waals surface area contributed by atoms with Gasteiger partial charge in [0.1, 0.15) is 5.69 Å². The van der Waals surface area contributed by atoms with Crippen LogP contribution in [0.3, 0.4) is 0 Å². The molecule has 0 radical (unpaired) electrons. The molecule has 0 saturated heterocycles. The van der Waals surface area contributed by atoms with Gasteiger partial charge in [-0.15, -0.1) is 0 Å². The van der Waals surface area contributed by atoms with Crippen molar-refractivity contribution in [2.45, 2.75) is 45.5 Å². The second-order valence-electron chi connectivity index (χ2n) is 10.0. The lowest BCUT2D eigenvalue weighted by molar-refractivity contribution is -0.143. The normalized spacial score (nSPS) is 12.5. The first-order valence-corrected chi connectivity index (χ1v) is 12.1. The van der Waals surface area contributed by atoms with Gasteiger partial charge >= 0.3 is 12.4 Å². The number of hydrogen-bond donors (Lipinski definition) is 0. The van der Waals surface area contributed by atoms with Gasteiger partial charge < -0.3 is 9.42 Å². The molecule has 0 bridgehead atoms. The third-order valence-corrected chi connectivity index (χ3v) is 6.71. The highest BCUT2D eigenvalue weighted by Crippen LogP contribution is 2.41. The first-order chi connectivity index (χ1) is 18.5. The van der Waals surface area contributed by atoms with Gasteiger partial charge in [0.15, 0.2) is 5.76 Å². The minimum absolute atomic E-state index is 0.0396. The van der Waals surface area contributed by atoms with Gasteiger partial charge in [0.25, 0.3) is 0 Å². The van der Waals surface area contributed by atoms with Crippen LogP contribution in [0.4, 0.5) is 32.0 Å². The van der Waals surface area contributed by atoms with E-state index >= 15 is 0 Å². The molecule has 0 aliphatic rings. The molecule has 210 valence electrons. The smallest absolute Gasteiger partial charge is 0.354 e. The van der Waals surface area contributed by atoms with Crippen LogP contribution in [-0.4, -0.2) is 23.1 Å². The van der Waals surface area contributed by atoms with Crippen LogP contribution in [-0.2, 0) is 22.6 Å². The largest absolute Gasteiger partial charge is 0.416 e. The molecule has 2 aromatic carbocycles. The fourth-order valence-electron chi connectivity index (χ4n) is 4.39. The van der Waals surface area contributed by atoms with E-state index in [1.807, 2.05) is 25.1 Å². The topological polar surface area (TPSA) is 59.2 Å². The SMILES string of the molecule is Cc1cc(-c2cc(-c3ccccc3C)c(N(C)C(=O)C(C)(C)c3cc(C(F)(F)F)cc(C(F)(F)F)c3)cn2)on1. The average molecular weight is 562 g/mol. The standard InChI is InChI=1S/C29H25F6N3O2/c1-16-8-6-7-9-21(16)22-14-23(25-10-17(2)37-40-25)36-15-24(22)38(5)26(39)27(3,4)18-11-19(28(30,31)32)13-20(12-18)29(33,34)35/h6-15H,1-5H3. The Morgan fingerprint density at radius 2 is 1.40 bits per heavy atom. The summed E-state index contributed by atoms with van der Waals surface area (Å²) in [4.78, 5) is 19.4. The summed E-state index contributed by atoms with van der Waals surface area (Å²) in [6.45, 7) is 6.18. The third-order valence-electron chi connectivity index (χ3n) is 6.71. The number of rotatable bonds is 5. The van der Waals surface area contributed by atoms with Gasteiger partial charge in [0.05, 0.1) is 34.1 Å². The van der Waals surface area contributed by atoms with E-state index in [-0.39, 0.29) is 6.07 Å². The molecule has 2 aromatic heterocycles. The van der Waals surface area contributed by atoms with Crippen LogP contribution in [0, 0.1) is 13.8 Å².